The summed E-state index contributed by atoms with van der Waals surface area (Å²) in [5.74, 6) is 1.50. The van der Waals surface area contributed by atoms with Gasteiger partial charge in [-0.05, 0) is 12.3 Å². The molecule has 0 atom stereocenters. The Kier molecular flexibility index (Phi) is 6.97. The number of rotatable bonds is 9. The van der Waals surface area contributed by atoms with Crippen molar-refractivity contribution in [3.8, 4) is 0 Å². The molecule has 2 heterocycles. The second kappa shape index (κ2) is 8.97. The molecular weight excluding hydrogens is 332 g/mol. The zero-order valence-electron chi connectivity index (χ0n) is 13.6. The summed E-state index contributed by atoms with van der Waals surface area (Å²) in [6.07, 6.45) is 3.97. The van der Waals surface area contributed by atoms with Crippen molar-refractivity contribution >= 4 is 34.1 Å². The minimum absolute atomic E-state index is 0.122. The first-order chi connectivity index (χ1) is 11.1. The van der Waals surface area contributed by atoms with Crippen molar-refractivity contribution in [3.63, 3.8) is 0 Å². The molecule has 0 saturated heterocycles. The van der Waals surface area contributed by atoms with Gasteiger partial charge in [0.15, 0.2) is 0 Å². The van der Waals surface area contributed by atoms with Crippen molar-refractivity contribution in [2.45, 2.75) is 51.6 Å². The van der Waals surface area contributed by atoms with Gasteiger partial charge in [-0.25, -0.2) is 4.98 Å². The first-order valence-corrected chi connectivity index (χ1v) is 9.53. The fourth-order valence-electron chi connectivity index (χ4n) is 1.84. The molecule has 0 aliphatic rings. The molecule has 9 heteroatoms. The SMILES string of the molecule is CCCCc1nnc(NC(=O)CSc2n[nH]c(CC(C)C)n2)s1. The van der Waals surface area contributed by atoms with Crippen molar-refractivity contribution in [1.29, 1.82) is 0 Å². The number of anilines is 1. The maximum absolute atomic E-state index is 11.9. The quantitative estimate of drug-likeness (QED) is 0.672. The Bertz CT molecular complexity index is 624. The van der Waals surface area contributed by atoms with Crippen LogP contribution in [0.2, 0.25) is 0 Å². The summed E-state index contributed by atoms with van der Waals surface area (Å²) < 4.78 is 0. The molecule has 23 heavy (non-hydrogen) atoms. The maximum atomic E-state index is 11.9. The molecule has 7 nitrogen and oxygen atoms in total. The van der Waals surface area contributed by atoms with Crippen molar-refractivity contribution in [3.05, 3.63) is 10.8 Å². The molecule has 2 aromatic rings. The summed E-state index contributed by atoms with van der Waals surface area (Å²) in [5.41, 5.74) is 0. The van der Waals surface area contributed by atoms with Crippen LogP contribution >= 0.6 is 23.1 Å². The van der Waals surface area contributed by atoms with Crippen LogP contribution in [-0.2, 0) is 17.6 Å². The van der Waals surface area contributed by atoms with Gasteiger partial charge in [-0.3, -0.25) is 15.2 Å². The Morgan fingerprint density at radius 2 is 2.22 bits per heavy atom. The number of amides is 1. The van der Waals surface area contributed by atoms with E-state index in [0.29, 0.717) is 16.2 Å². The zero-order chi connectivity index (χ0) is 16.7. The number of nitrogens with one attached hydrogen (secondary N) is 2. The van der Waals surface area contributed by atoms with E-state index in [2.05, 4.69) is 51.5 Å². The summed E-state index contributed by atoms with van der Waals surface area (Å²) in [6.45, 7) is 6.38. The van der Waals surface area contributed by atoms with Gasteiger partial charge in [-0.15, -0.1) is 15.3 Å². The van der Waals surface area contributed by atoms with Crippen molar-refractivity contribution < 1.29 is 4.79 Å². The lowest BCUT2D eigenvalue weighted by Gasteiger charge is -1.99. The number of aromatic amines is 1. The van der Waals surface area contributed by atoms with Crippen molar-refractivity contribution in [2.24, 2.45) is 5.92 Å². The van der Waals surface area contributed by atoms with Gasteiger partial charge >= 0.3 is 0 Å². The van der Waals surface area contributed by atoms with Crippen molar-refractivity contribution in [1.82, 2.24) is 25.4 Å². The third-order valence-corrected chi connectivity index (χ3v) is 4.65. The molecular formula is C14H22N6OS2. The first-order valence-electron chi connectivity index (χ1n) is 7.73. The highest BCUT2D eigenvalue weighted by atomic mass is 32.2. The molecule has 2 aromatic heterocycles. The first kappa shape index (κ1) is 17.9. The van der Waals surface area contributed by atoms with Gasteiger partial charge in [0.1, 0.15) is 10.8 Å². The predicted octanol–water partition coefficient (Wildman–Crippen LogP) is 2.93. The lowest BCUT2D eigenvalue weighted by molar-refractivity contribution is -0.113. The normalized spacial score (nSPS) is 11.1. The Hall–Kier alpha value is -1.48. The van der Waals surface area contributed by atoms with Gasteiger partial charge in [-0.1, -0.05) is 50.3 Å². The Morgan fingerprint density at radius 1 is 1.39 bits per heavy atom. The van der Waals surface area contributed by atoms with E-state index in [1.54, 1.807) is 0 Å². The Labute approximate surface area is 144 Å². The van der Waals surface area contributed by atoms with Gasteiger partial charge in [0.2, 0.25) is 16.2 Å². The van der Waals surface area contributed by atoms with E-state index in [-0.39, 0.29) is 11.7 Å². The average molecular weight is 355 g/mol. The Balaban J connectivity index is 1.76. The average Bonchev–Trinajstić information content (AvgIpc) is 3.12. The molecule has 0 saturated carbocycles. The number of H-pyrrole nitrogens is 1. The molecule has 126 valence electrons. The molecule has 2 N–H and O–H groups in total. The van der Waals surface area contributed by atoms with Crippen LogP contribution in [-0.4, -0.2) is 37.0 Å². The highest BCUT2D eigenvalue weighted by molar-refractivity contribution is 7.99. The summed E-state index contributed by atoms with van der Waals surface area (Å²) in [5, 5.41) is 19.9. The van der Waals surface area contributed by atoms with E-state index >= 15 is 0 Å². The summed E-state index contributed by atoms with van der Waals surface area (Å²) in [7, 11) is 0. The minimum Gasteiger partial charge on any atom is -0.300 e. The summed E-state index contributed by atoms with van der Waals surface area (Å²) >= 11 is 2.74. The van der Waals surface area contributed by atoms with E-state index in [1.807, 2.05) is 0 Å². The third kappa shape index (κ3) is 6.26. The zero-order valence-corrected chi connectivity index (χ0v) is 15.3. The second-order valence-corrected chi connectivity index (χ2v) is 7.61. The third-order valence-electron chi connectivity index (χ3n) is 2.90. The largest absolute Gasteiger partial charge is 0.300 e. The molecule has 0 aliphatic heterocycles. The molecule has 0 bridgehead atoms. The fourth-order valence-corrected chi connectivity index (χ4v) is 3.25. The lowest BCUT2D eigenvalue weighted by atomic mass is 10.1. The number of unbranched alkanes of at least 4 members (excludes halogenated alkanes) is 1. The van der Waals surface area contributed by atoms with Crippen LogP contribution in [0.25, 0.3) is 0 Å². The van der Waals surface area contributed by atoms with Gasteiger partial charge < -0.3 is 0 Å². The van der Waals surface area contributed by atoms with Crippen LogP contribution in [0, 0.1) is 5.92 Å². The Morgan fingerprint density at radius 3 is 2.96 bits per heavy atom. The monoisotopic (exact) mass is 354 g/mol. The van der Waals surface area contributed by atoms with Gasteiger partial charge in [-0.2, -0.15) is 0 Å². The molecule has 2 rings (SSSR count). The maximum Gasteiger partial charge on any atom is 0.236 e. The molecule has 0 fully saturated rings. The van der Waals surface area contributed by atoms with Crippen LogP contribution in [0.5, 0.6) is 0 Å². The van der Waals surface area contributed by atoms with Crippen LogP contribution in [0.4, 0.5) is 5.13 Å². The number of carbonyl (C=O) groups is 1. The predicted molar refractivity (Wildman–Crippen MR) is 92.8 cm³/mol. The van der Waals surface area contributed by atoms with E-state index in [0.717, 1.165) is 36.5 Å². The molecule has 0 radical (unpaired) electrons. The number of hydrogen-bond donors (Lipinski definition) is 2. The number of thioether (sulfide) groups is 1. The van der Waals surface area contributed by atoms with E-state index in [1.165, 1.54) is 23.1 Å². The number of aromatic nitrogens is 5. The summed E-state index contributed by atoms with van der Waals surface area (Å²) in [4.78, 5) is 16.3. The second-order valence-electron chi connectivity index (χ2n) is 5.60. The van der Waals surface area contributed by atoms with Gasteiger partial charge in [0.25, 0.3) is 0 Å². The van der Waals surface area contributed by atoms with Crippen molar-refractivity contribution in [2.75, 3.05) is 11.1 Å². The van der Waals surface area contributed by atoms with Crippen LogP contribution < -0.4 is 5.32 Å². The number of aryl methyl sites for hydroxylation is 1. The topological polar surface area (TPSA) is 96.5 Å². The summed E-state index contributed by atoms with van der Waals surface area (Å²) in [6, 6.07) is 0. The van der Waals surface area contributed by atoms with Gasteiger partial charge in [0, 0.05) is 12.8 Å². The molecule has 1 amide bonds. The lowest BCUT2D eigenvalue weighted by Crippen LogP contribution is -2.13. The molecule has 0 aromatic carbocycles. The standard InChI is InChI=1S/C14H22N6OS2/c1-4-5-6-12-18-20-14(23-12)16-11(21)8-22-13-15-10(17-19-13)7-9(2)3/h9H,4-8H2,1-3H3,(H,15,17,19)(H,16,20,21). The van der Waals surface area contributed by atoms with E-state index in [4.69, 9.17) is 0 Å². The van der Waals surface area contributed by atoms with E-state index < -0.39 is 0 Å². The van der Waals surface area contributed by atoms with E-state index in [9.17, 15) is 4.79 Å². The van der Waals surface area contributed by atoms with Gasteiger partial charge in [0.05, 0.1) is 5.75 Å². The van der Waals surface area contributed by atoms with Crippen LogP contribution in [0.3, 0.4) is 0 Å². The number of carbonyl (C=O) groups excluding carboxylic acids is 1. The highest BCUT2D eigenvalue weighted by Gasteiger charge is 2.11. The minimum atomic E-state index is -0.122. The number of hydrogen-bond acceptors (Lipinski definition) is 7. The molecule has 0 unspecified atom stereocenters. The van der Waals surface area contributed by atoms with Crippen LogP contribution in [0.15, 0.2) is 5.16 Å². The van der Waals surface area contributed by atoms with Crippen LogP contribution in [0.1, 0.15) is 44.4 Å². The molecule has 0 spiro atoms. The number of nitrogens with zero attached hydrogens (tertiary/aromatic N) is 4. The smallest absolute Gasteiger partial charge is 0.236 e. The highest BCUT2D eigenvalue weighted by Crippen LogP contribution is 2.18. The molecule has 0 aliphatic carbocycles. The fraction of sp³-hybridized carbons (Fsp3) is 0.643.